The van der Waals surface area contributed by atoms with E-state index in [0.29, 0.717) is 16.5 Å². The van der Waals surface area contributed by atoms with Gasteiger partial charge in [-0.15, -0.1) is 5.10 Å². The fraction of sp³-hybridized carbons (Fsp3) is 0.250. The van der Waals surface area contributed by atoms with Gasteiger partial charge >= 0.3 is 0 Å². The number of carbonyl (C=O) groups excluding carboxylic acids is 1. The van der Waals surface area contributed by atoms with Crippen molar-refractivity contribution in [3.05, 3.63) is 46.2 Å². The molecule has 112 valence electrons. The zero-order valence-electron chi connectivity index (χ0n) is 11.9. The van der Waals surface area contributed by atoms with Crippen molar-refractivity contribution in [1.82, 2.24) is 14.8 Å². The molecule has 3 aromatic rings. The molecular formula is C16H15ClN4O. The number of halogens is 1. The molecule has 0 saturated carbocycles. The van der Waals surface area contributed by atoms with Crippen LogP contribution in [0.5, 0.6) is 0 Å². The molecule has 1 aromatic carbocycles. The minimum atomic E-state index is -0.156. The molecule has 6 heteroatoms. The molecule has 0 radical (unpaired) electrons. The number of hydrogen-bond donors (Lipinski definition) is 2. The Kier molecular flexibility index (Phi) is 2.97. The number of fused-ring (bicyclic) bond motifs is 2. The standard InChI is InChI=1S/C16H15ClN4O/c17-14-8-11-9(5-3-6-12(11)19-14)16(22)21-13-7-2-1-4-10(13)15(18)20-21/h3,5-6,8,19H,1-2,4,7H2,(H2,18,20). The smallest absolute Gasteiger partial charge is 0.279 e. The van der Waals surface area contributed by atoms with Crippen molar-refractivity contribution in [1.29, 1.82) is 0 Å². The number of nitrogens with two attached hydrogens (primary N) is 1. The molecule has 0 fully saturated rings. The third-order valence-corrected chi connectivity index (χ3v) is 4.47. The summed E-state index contributed by atoms with van der Waals surface area (Å²) in [6.45, 7) is 0. The van der Waals surface area contributed by atoms with Crippen molar-refractivity contribution >= 4 is 34.2 Å². The number of nitrogens with zero attached hydrogens (tertiary/aromatic N) is 2. The molecule has 0 amide bonds. The number of nitrogen functional groups attached to an aromatic ring is 1. The second-order valence-corrected chi connectivity index (χ2v) is 6.03. The van der Waals surface area contributed by atoms with Gasteiger partial charge in [-0.2, -0.15) is 4.68 Å². The molecule has 0 spiro atoms. The highest BCUT2D eigenvalue weighted by Gasteiger charge is 2.24. The van der Waals surface area contributed by atoms with Crippen molar-refractivity contribution in [3.8, 4) is 0 Å². The summed E-state index contributed by atoms with van der Waals surface area (Å²) in [6.07, 6.45) is 3.90. The minimum absolute atomic E-state index is 0.156. The molecule has 2 aromatic heterocycles. The summed E-state index contributed by atoms with van der Waals surface area (Å²) in [7, 11) is 0. The third-order valence-electron chi connectivity index (χ3n) is 4.27. The van der Waals surface area contributed by atoms with E-state index in [1.165, 1.54) is 4.68 Å². The van der Waals surface area contributed by atoms with E-state index in [9.17, 15) is 4.79 Å². The van der Waals surface area contributed by atoms with Gasteiger partial charge in [0, 0.05) is 16.5 Å². The Bertz CT molecular complexity index is 893. The van der Waals surface area contributed by atoms with E-state index in [1.807, 2.05) is 12.1 Å². The van der Waals surface area contributed by atoms with Gasteiger partial charge in [0.25, 0.3) is 5.91 Å². The summed E-state index contributed by atoms with van der Waals surface area (Å²) in [5, 5.41) is 5.60. The number of hydrogen-bond acceptors (Lipinski definition) is 3. The summed E-state index contributed by atoms with van der Waals surface area (Å²) in [5.41, 5.74) is 9.38. The summed E-state index contributed by atoms with van der Waals surface area (Å²) in [4.78, 5) is 16.0. The van der Waals surface area contributed by atoms with Gasteiger partial charge in [-0.05, 0) is 43.9 Å². The van der Waals surface area contributed by atoms with Crippen LogP contribution in [0.3, 0.4) is 0 Å². The van der Waals surface area contributed by atoms with Crippen molar-refractivity contribution < 1.29 is 4.79 Å². The summed E-state index contributed by atoms with van der Waals surface area (Å²) < 4.78 is 1.47. The Morgan fingerprint density at radius 3 is 3.00 bits per heavy atom. The molecule has 1 aliphatic carbocycles. The SMILES string of the molecule is Nc1nn(C(=O)c2cccc3[nH]c(Cl)cc23)c2c1CCCC2. The lowest BCUT2D eigenvalue weighted by molar-refractivity contribution is 0.0943. The molecular weight excluding hydrogens is 300 g/mol. The fourth-order valence-electron chi connectivity index (χ4n) is 3.22. The predicted molar refractivity (Wildman–Crippen MR) is 86.3 cm³/mol. The Morgan fingerprint density at radius 2 is 2.14 bits per heavy atom. The monoisotopic (exact) mass is 314 g/mol. The lowest BCUT2D eigenvalue weighted by Crippen LogP contribution is -2.18. The Morgan fingerprint density at radius 1 is 1.32 bits per heavy atom. The quantitative estimate of drug-likeness (QED) is 0.724. The minimum Gasteiger partial charge on any atom is -0.382 e. The van der Waals surface area contributed by atoms with E-state index in [-0.39, 0.29) is 5.91 Å². The topological polar surface area (TPSA) is 76.7 Å². The number of anilines is 1. The molecule has 0 unspecified atom stereocenters. The van der Waals surface area contributed by atoms with Gasteiger partial charge in [0.1, 0.15) is 11.0 Å². The second-order valence-electron chi connectivity index (χ2n) is 5.62. The van der Waals surface area contributed by atoms with Crippen LogP contribution in [0.2, 0.25) is 5.15 Å². The van der Waals surface area contributed by atoms with Gasteiger partial charge in [0.15, 0.2) is 0 Å². The first-order valence-electron chi connectivity index (χ1n) is 7.33. The molecule has 0 saturated heterocycles. The van der Waals surface area contributed by atoms with Gasteiger partial charge in [-0.25, -0.2) is 0 Å². The van der Waals surface area contributed by atoms with E-state index in [2.05, 4.69) is 10.1 Å². The fourth-order valence-corrected chi connectivity index (χ4v) is 3.43. The van der Waals surface area contributed by atoms with Crippen LogP contribution in [0, 0.1) is 0 Å². The Labute approximate surface area is 132 Å². The predicted octanol–water partition coefficient (Wildman–Crippen LogP) is 3.17. The lowest BCUT2D eigenvalue weighted by Gasteiger charge is -2.13. The van der Waals surface area contributed by atoms with Gasteiger partial charge in [0.05, 0.1) is 11.3 Å². The van der Waals surface area contributed by atoms with E-state index in [0.717, 1.165) is 47.8 Å². The van der Waals surface area contributed by atoms with Crippen LogP contribution in [0.15, 0.2) is 24.3 Å². The highest BCUT2D eigenvalue weighted by atomic mass is 35.5. The second kappa shape index (κ2) is 4.88. The Balaban J connectivity index is 1.87. The number of nitrogens with one attached hydrogen (secondary N) is 1. The van der Waals surface area contributed by atoms with Gasteiger partial charge in [-0.3, -0.25) is 4.79 Å². The summed E-state index contributed by atoms with van der Waals surface area (Å²) >= 11 is 6.02. The van der Waals surface area contributed by atoms with Crippen LogP contribution in [0.1, 0.15) is 34.5 Å². The van der Waals surface area contributed by atoms with Crippen molar-refractivity contribution in [2.24, 2.45) is 0 Å². The van der Waals surface area contributed by atoms with Crippen molar-refractivity contribution in [2.75, 3.05) is 5.73 Å². The molecule has 5 nitrogen and oxygen atoms in total. The molecule has 0 atom stereocenters. The average Bonchev–Trinajstić information content (AvgIpc) is 3.06. The van der Waals surface area contributed by atoms with Crippen LogP contribution in [0.25, 0.3) is 10.9 Å². The number of H-pyrrole nitrogens is 1. The maximum Gasteiger partial charge on any atom is 0.279 e. The van der Waals surface area contributed by atoms with Gasteiger partial charge < -0.3 is 10.7 Å². The molecule has 3 N–H and O–H groups in total. The van der Waals surface area contributed by atoms with E-state index in [1.54, 1.807) is 12.1 Å². The summed E-state index contributed by atoms with van der Waals surface area (Å²) in [6, 6.07) is 7.29. The van der Waals surface area contributed by atoms with Crippen LogP contribution in [0.4, 0.5) is 5.82 Å². The molecule has 4 rings (SSSR count). The maximum absolute atomic E-state index is 12.9. The van der Waals surface area contributed by atoms with E-state index < -0.39 is 0 Å². The lowest BCUT2D eigenvalue weighted by atomic mass is 9.97. The number of aromatic nitrogens is 3. The third kappa shape index (κ3) is 1.93. The molecule has 2 heterocycles. The van der Waals surface area contributed by atoms with Gasteiger partial charge in [0.2, 0.25) is 0 Å². The largest absolute Gasteiger partial charge is 0.382 e. The molecule has 0 bridgehead atoms. The first-order chi connectivity index (χ1) is 10.6. The molecule has 22 heavy (non-hydrogen) atoms. The number of carbonyl (C=O) groups is 1. The van der Waals surface area contributed by atoms with Crippen molar-refractivity contribution in [2.45, 2.75) is 25.7 Å². The summed E-state index contributed by atoms with van der Waals surface area (Å²) in [5.74, 6) is 0.318. The highest BCUT2D eigenvalue weighted by molar-refractivity contribution is 6.31. The molecule has 1 aliphatic rings. The van der Waals surface area contributed by atoms with E-state index >= 15 is 0 Å². The van der Waals surface area contributed by atoms with Crippen LogP contribution >= 0.6 is 11.6 Å². The Hall–Kier alpha value is -2.27. The number of rotatable bonds is 1. The molecule has 0 aliphatic heterocycles. The zero-order chi connectivity index (χ0) is 15.3. The first-order valence-corrected chi connectivity index (χ1v) is 7.71. The van der Waals surface area contributed by atoms with Crippen LogP contribution in [-0.2, 0) is 12.8 Å². The van der Waals surface area contributed by atoms with Crippen LogP contribution < -0.4 is 5.73 Å². The van der Waals surface area contributed by atoms with E-state index in [4.69, 9.17) is 17.3 Å². The van der Waals surface area contributed by atoms with Crippen LogP contribution in [-0.4, -0.2) is 20.7 Å². The number of benzene rings is 1. The average molecular weight is 315 g/mol. The van der Waals surface area contributed by atoms with Gasteiger partial charge in [-0.1, -0.05) is 17.7 Å². The normalized spacial score (nSPS) is 14.2. The zero-order valence-corrected chi connectivity index (χ0v) is 12.7. The van der Waals surface area contributed by atoms with Crippen molar-refractivity contribution in [3.63, 3.8) is 0 Å². The highest BCUT2D eigenvalue weighted by Crippen LogP contribution is 2.28. The number of aromatic amines is 1. The first kappa shape index (κ1) is 13.4. The maximum atomic E-state index is 12.9.